The first kappa shape index (κ1) is 17.8. The van der Waals surface area contributed by atoms with Gasteiger partial charge in [0.05, 0.1) is 12.6 Å². The highest BCUT2D eigenvalue weighted by Gasteiger charge is 2.22. The van der Waals surface area contributed by atoms with Gasteiger partial charge in [-0.3, -0.25) is 4.79 Å². The lowest BCUT2D eigenvalue weighted by atomic mass is 10.0. The molecule has 1 heterocycles. The molecule has 26 heavy (non-hydrogen) atoms. The first-order valence-electron chi connectivity index (χ1n) is 8.76. The predicted molar refractivity (Wildman–Crippen MR) is 101 cm³/mol. The van der Waals surface area contributed by atoms with E-state index in [-0.39, 0.29) is 18.0 Å². The van der Waals surface area contributed by atoms with Gasteiger partial charge in [0.1, 0.15) is 5.75 Å². The maximum absolute atomic E-state index is 12.4. The number of benzene rings is 2. The molecule has 0 spiro atoms. The summed E-state index contributed by atoms with van der Waals surface area (Å²) in [6.07, 6.45) is 0.722. The molecule has 0 bridgehead atoms. The van der Waals surface area contributed by atoms with Gasteiger partial charge < -0.3 is 20.7 Å². The van der Waals surface area contributed by atoms with Crippen molar-refractivity contribution < 1.29 is 14.3 Å². The third-order valence-electron chi connectivity index (χ3n) is 4.34. The fourth-order valence-corrected chi connectivity index (χ4v) is 3.02. The number of fused-ring (bicyclic) bond motifs is 1. The molecule has 0 aliphatic carbocycles. The molecule has 0 radical (unpaired) electrons. The van der Waals surface area contributed by atoms with Crippen LogP contribution in [0.25, 0.3) is 0 Å². The third kappa shape index (κ3) is 3.96. The Bertz CT molecular complexity index is 820. The predicted octanol–water partition coefficient (Wildman–Crippen LogP) is 3.39. The van der Waals surface area contributed by atoms with Crippen LogP contribution in [0.2, 0.25) is 0 Å². The van der Waals surface area contributed by atoms with E-state index in [4.69, 9.17) is 4.74 Å². The van der Waals surface area contributed by atoms with E-state index in [9.17, 15) is 9.59 Å². The Morgan fingerprint density at radius 2 is 2.00 bits per heavy atom. The van der Waals surface area contributed by atoms with E-state index in [0.717, 1.165) is 23.3 Å². The van der Waals surface area contributed by atoms with Crippen LogP contribution in [0.1, 0.15) is 40.9 Å². The van der Waals surface area contributed by atoms with Gasteiger partial charge in [-0.1, -0.05) is 18.2 Å². The number of urea groups is 1. The summed E-state index contributed by atoms with van der Waals surface area (Å²) in [5, 5.41) is 8.63. The molecule has 0 saturated heterocycles. The van der Waals surface area contributed by atoms with Crippen molar-refractivity contribution in [2.45, 2.75) is 26.3 Å². The van der Waals surface area contributed by atoms with Crippen LogP contribution in [0.4, 0.5) is 10.5 Å². The van der Waals surface area contributed by atoms with Crippen molar-refractivity contribution in [3.63, 3.8) is 0 Å². The lowest BCUT2D eigenvalue weighted by Crippen LogP contribution is -2.35. The van der Waals surface area contributed by atoms with Crippen molar-refractivity contribution in [2.75, 3.05) is 18.5 Å². The number of hydrogen-bond donors (Lipinski definition) is 3. The van der Waals surface area contributed by atoms with Crippen LogP contribution >= 0.6 is 0 Å². The number of nitrogens with one attached hydrogen (secondary N) is 3. The van der Waals surface area contributed by atoms with Crippen molar-refractivity contribution >= 4 is 17.6 Å². The van der Waals surface area contributed by atoms with Crippen LogP contribution in [0.15, 0.2) is 42.5 Å². The standard InChI is InChI=1S/C20H23N3O3/c1-3-21-19(24)14-8-9-16(13(2)12-14)22-20(25)23-17-10-11-26-18-7-5-4-6-15(17)18/h4-9,12,17H,3,10-11H2,1-2H3,(H,21,24)(H2,22,23,25)/t17-/m1/s1. The van der Waals surface area contributed by atoms with E-state index in [1.807, 2.05) is 38.1 Å². The van der Waals surface area contributed by atoms with Gasteiger partial charge in [0, 0.05) is 29.8 Å². The van der Waals surface area contributed by atoms with Crippen LogP contribution < -0.4 is 20.7 Å². The monoisotopic (exact) mass is 353 g/mol. The zero-order valence-corrected chi connectivity index (χ0v) is 15.0. The van der Waals surface area contributed by atoms with Gasteiger partial charge in [-0.2, -0.15) is 0 Å². The lowest BCUT2D eigenvalue weighted by molar-refractivity contribution is 0.0955. The second-order valence-corrected chi connectivity index (χ2v) is 6.22. The Morgan fingerprint density at radius 1 is 1.19 bits per heavy atom. The highest BCUT2D eigenvalue weighted by molar-refractivity contribution is 5.96. The van der Waals surface area contributed by atoms with Crippen LogP contribution in [0.3, 0.4) is 0 Å². The van der Waals surface area contributed by atoms with E-state index < -0.39 is 0 Å². The highest BCUT2D eigenvalue weighted by atomic mass is 16.5. The summed E-state index contributed by atoms with van der Waals surface area (Å²) in [4.78, 5) is 24.3. The number of para-hydroxylation sites is 1. The van der Waals surface area contributed by atoms with E-state index >= 15 is 0 Å². The maximum atomic E-state index is 12.4. The van der Waals surface area contributed by atoms with Gasteiger partial charge in [0.2, 0.25) is 0 Å². The lowest BCUT2D eigenvalue weighted by Gasteiger charge is -2.26. The molecule has 0 unspecified atom stereocenters. The van der Waals surface area contributed by atoms with Crippen molar-refractivity contribution in [2.24, 2.45) is 0 Å². The zero-order valence-electron chi connectivity index (χ0n) is 15.0. The summed E-state index contributed by atoms with van der Waals surface area (Å²) in [5.41, 5.74) is 3.07. The highest BCUT2D eigenvalue weighted by Crippen LogP contribution is 2.31. The minimum atomic E-state index is -0.277. The second-order valence-electron chi connectivity index (χ2n) is 6.22. The third-order valence-corrected chi connectivity index (χ3v) is 4.34. The van der Waals surface area contributed by atoms with Gasteiger partial charge in [0.15, 0.2) is 0 Å². The zero-order chi connectivity index (χ0) is 18.5. The molecule has 0 fully saturated rings. The summed E-state index contributed by atoms with van der Waals surface area (Å²) in [5.74, 6) is 0.692. The fourth-order valence-electron chi connectivity index (χ4n) is 3.02. The minimum absolute atomic E-state index is 0.0881. The number of amides is 3. The van der Waals surface area contributed by atoms with E-state index in [1.54, 1.807) is 18.2 Å². The maximum Gasteiger partial charge on any atom is 0.319 e. The largest absolute Gasteiger partial charge is 0.493 e. The molecule has 3 rings (SSSR count). The average Bonchev–Trinajstić information content (AvgIpc) is 2.64. The van der Waals surface area contributed by atoms with Crippen LogP contribution in [0, 0.1) is 6.92 Å². The number of anilines is 1. The summed E-state index contributed by atoms with van der Waals surface area (Å²) in [6.45, 7) is 4.89. The first-order chi connectivity index (χ1) is 12.6. The molecule has 136 valence electrons. The van der Waals surface area contributed by atoms with E-state index in [0.29, 0.717) is 24.4 Å². The van der Waals surface area contributed by atoms with Crippen molar-refractivity contribution in [3.05, 3.63) is 59.2 Å². The summed E-state index contributed by atoms with van der Waals surface area (Å²) in [7, 11) is 0. The minimum Gasteiger partial charge on any atom is -0.493 e. The molecule has 2 aromatic rings. The van der Waals surface area contributed by atoms with E-state index in [1.165, 1.54) is 0 Å². The van der Waals surface area contributed by atoms with Crippen molar-refractivity contribution in [1.82, 2.24) is 10.6 Å². The van der Waals surface area contributed by atoms with E-state index in [2.05, 4.69) is 16.0 Å². The van der Waals surface area contributed by atoms with Gasteiger partial charge >= 0.3 is 6.03 Å². The molecule has 3 N–H and O–H groups in total. The molecule has 6 nitrogen and oxygen atoms in total. The smallest absolute Gasteiger partial charge is 0.319 e. The Labute approximate surface area is 152 Å². The van der Waals surface area contributed by atoms with Gasteiger partial charge in [-0.25, -0.2) is 4.79 Å². The fraction of sp³-hybridized carbons (Fsp3) is 0.300. The molecular weight excluding hydrogens is 330 g/mol. The average molecular weight is 353 g/mol. The number of aryl methyl sites for hydroxylation is 1. The molecule has 1 atom stereocenters. The van der Waals surface area contributed by atoms with Crippen molar-refractivity contribution in [1.29, 1.82) is 0 Å². The normalized spacial score (nSPS) is 15.4. The molecule has 3 amide bonds. The summed E-state index contributed by atoms with van der Waals surface area (Å²) in [6, 6.07) is 12.6. The Kier molecular flexibility index (Phi) is 5.41. The molecule has 1 aliphatic rings. The van der Waals surface area contributed by atoms with Crippen LogP contribution in [0.5, 0.6) is 5.75 Å². The van der Waals surface area contributed by atoms with Crippen LogP contribution in [-0.4, -0.2) is 25.1 Å². The molecule has 0 saturated carbocycles. The molecule has 6 heteroatoms. The summed E-state index contributed by atoms with van der Waals surface area (Å²) < 4.78 is 5.62. The number of hydrogen-bond acceptors (Lipinski definition) is 3. The van der Waals surface area contributed by atoms with Crippen LogP contribution in [-0.2, 0) is 0 Å². The number of carbonyl (C=O) groups excluding carboxylic acids is 2. The van der Waals surface area contributed by atoms with Crippen molar-refractivity contribution in [3.8, 4) is 5.75 Å². The number of ether oxygens (including phenoxy) is 1. The number of carbonyl (C=O) groups is 2. The molecule has 1 aliphatic heterocycles. The first-order valence-corrected chi connectivity index (χ1v) is 8.76. The SMILES string of the molecule is CCNC(=O)c1ccc(NC(=O)N[C@@H]2CCOc3ccccc32)c(C)c1. The van der Waals surface area contributed by atoms with Gasteiger partial charge in [0.25, 0.3) is 5.91 Å². The summed E-state index contributed by atoms with van der Waals surface area (Å²) >= 11 is 0. The quantitative estimate of drug-likeness (QED) is 0.788. The Balaban J connectivity index is 1.67. The Morgan fingerprint density at radius 3 is 2.77 bits per heavy atom. The van der Waals surface area contributed by atoms with Gasteiger partial charge in [-0.05, 0) is 43.7 Å². The second kappa shape index (κ2) is 7.91. The molecular formula is C20H23N3O3. The number of rotatable bonds is 4. The Hall–Kier alpha value is -3.02. The molecule has 2 aromatic carbocycles. The topological polar surface area (TPSA) is 79.5 Å². The molecule has 0 aromatic heterocycles. The van der Waals surface area contributed by atoms with Gasteiger partial charge in [-0.15, -0.1) is 0 Å².